The van der Waals surface area contributed by atoms with Gasteiger partial charge in [0.1, 0.15) is 29.1 Å². The Bertz CT molecular complexity index is 5260. The van der Waals surface area contributed by atoms with Gasteiger partial charge in [-0.1, -0.05) is 23.3 Å². The molecule has 1 aliphatic carbocycles. The van der Waals surface area contributed by atoms with Gasteiger partial charge in [-0.2, -0.15) is 4.72 Å². The highest BCUT2D eigenvalue weighted by Crippen LogP contribution is 2.34. The molecule has 536 valence electrons. The molecule has 1 aromatic heterocycles. The molecule has 8 aromatic carbocycles. The van der Waals surface area contributed by atoms with Crippen LogP contribution in [0.25, 0.3) is 0 Å². The van der Waals surface area contributed by atoms with E-state index in [9.17, 15) is 106 Å². The summed E-state index contributed by atoms with van der Waals surface area (Å²) in [6.45, 7) is -0.418. The highest BCUT2D eigenvalue weighted by molar-refractivity contribution is 8.14. The van der Waals surface area contributed by atoms with Gasteiger partial charge < -0.3 is 26.2 Å². The number of carboxylic acids is 2. The number of aromatic nitrogens is 3. The Morgan fingerprint density at radius 3 is 1.12 bits per heavy atom. The van der Waals surface area contributed by atoms with Crippen molar-refractivity contribution in [2.45, 2.75) is 45.0 Å². The van der Waals surface area contributed by atoms with Crippen LogP contribution >= 0.6 is 21.4 Å². The Kier molecular flexibility index (Phi) is 27.3. The normalized spacial score (nSPS) is 11.8. The number of amides is 3. The van der Waals surface area contributed by atoms with Gasteiger partial charge >= 0.3 is 11.9 Å². The number of halogens is 13. The molecular formula is C62H43Cl2F11N8O15S4. The van der Waals surface area contributed by atoms with Crippen LogP contribution in [0.15, 0.2) is 177 Å². The van der Waals surface area contributed by atoms with Crippen LogP contribution in [-0.2, 0) is 44.7 Å². The Morgan fingerprint density at radius 2 is 0.775 bits per heavy atom. The highest BCUT2D eigenvalue weighted by Gasteiger charge is 2.27. The number of carboxylic acid groups (broad SMARTS) is 2. The molecule has 1 heterocycles. The van der Waals surface area contributed by atoms with E-state index in [1.807, 2.05) is 0 Å². The fourth-order valence-electron chi connectivity index (χ4n) is 7.68. The lowest BCUT2D eigenvalue weighted by atomic mass is 10.2. The largest absolute Gasteiger partial charge is 0.478 e. The third-order valence-corrected chi connectivity index (χ3v) is 18.3. The molecule has 0 aliphatic heterocycles. The molecule has 9 aromatic rings. The Balaban J connectivity index is 0.000000210. The molecule has 0 bridgehead atoms. The van der Waals surface area contributed by atoms with Crippen molar-refractivity contribution in [2.75, 3.05) is 22.5 Å². The zero-order chi connectivity index (χ0) is 75.8. The van der Waals surface area contributed by atoms with Gasteiger partial charge in [-0.05, 0) is 134 Å². The standard InChI is InChI=1S/C19H16F3N5O3S.C16H11F3N2O3S.C13H7ClF3NO3S.C7H4ClFO4S.C7H5FO2/c20-16-6-4-14(8-15(16)19(28)24-11-1-5-17(21)18(22)7-11)31(29,30)23-9-12-10-27(26-25-12)13-2-3-13;1-2-7-20-25(23,24)11-4-6-13(17)12(9-11)16(22)21-10-3-5-14(18)15(19)8-10;14-22(20,21)8-2-4-10(15)9(6-8)13(19)18-7-1-3-11(16)12(17)5-7;8-14(12,13)4-1-2-6(9)5(3-4)7(10)11;8-6-4-2-1-3-5(6)7(9)10/h1,4-8,10,13,23H,2-3,9H2,(H,24,28);1,3-6,8-9,20H,7H2,(H,21,22);1-6H,(H,18,19);1-3H,(H,10,11);1-4H,(H,9,10). The van der Waals surface area contributed by atoms with Crippen LogP contribution in [0.2, 0.25) is 0 Å². The van der Waals surface area contributed by atoms with Crippen molar-refractivity contribution in [3.05, 3.63) is 255 Å². The molecule has 0 radical (unpaired) electrons. The van der Waals surface area contributed by atoms with Crippen LogP contribution < -0.4 is 25.4 Å². The van der Waals surface area contributed by atoms with Crippen molar-refractivity contribution < 1.29 is 116 Å². The number of rotatable bonds is 18. The summed E-state index contributed by atoms with van der Waals surface area (Å²) in [6.07, 6.45) is 8.61. The molecule has 1 saturated carbocycles. The number of hydrogen-bond donors (Lipinski definition) is 7. The Labute approximate surface area is 578 Å². The number of nitrogens with one attached hydrogen (secondary N) is 5. The van der Waals surface area contributed by atoms with Crippen molar-refractivity contribution in [3.63, 3.8) is 0 Å². The van der Waals surface area contributed by atoms with Crippen LogP contribution in [-0.4, -0.2) is 95.1 Å². The minimum absolute atomic E-state index is 0.117. The molecule has 10 rings (SSSR count). The highest BCUT2D eigenvalue weighted by atomic mass is 35.7. The zero-order valence-electron chi connectivity index (χ0n) is 50.6. The number of anilines is 3. The van der Waals surface area contributed by atoms with Gasteiger partial charge in [0.2, 0.25) is 20.0 Å². The molecule has 0 saturated heterocycles. The molecule has 23 nitrogen and oxygen atoms in total. The number of nitrogens with zero attached hydrogens (tertiary/aromatic N) is 3. The van der Waals surface area contributed by atoms with Gasteiger partial charge in [-0.25, -0.2) is 101 Å². The van der Waals surface area contributed by atoms with Gasteiger partial charge in [-0.15, -0.1) is 11.5 Å². The van der Waals surface area contributed by atoms with Crippen LogP contribution in [0.5, 0.6) is 0 Å². The maximum Gasteiger partial charge on any atom is 0.338 e. The first kappa shape index (κ1) is 80.3. The van der Waals surface area contributed by atoms with E-state index in [1.165, 1.54) is 18.2 Å². The number of hydrogen-bond acceptors (Lipinski definition) is 15. The topological polar surface area (TPSA) is 353 Å². The lowest BCUT2D eigenvalue weighted by Gasteiger charge is -2.10. The molecule has 3 amide bonds. The predicted molar refractivity (Wildman–Crippen MR) is 341 cm³/mol. The van der Waals surface area contributed by atoms with E-state index in [1.54, 1.807) is 10.9 Å². The molecule has 1 aliphatic rings. The summed E-state index contributed by atoms with van der Waals surface area (Å²) < 4.78 is 244. The third kappa shape index (κ3) is 22.9. The van der Waals surface area contributed by atoms with Crippen LogP contribution in [0.1, 0.15) is 76.4 Å². The van der Waals surface area contributed by atoms with E-state index in [2.05, 4.69) is 41.6 Å². The van der Waals surface area contributed by atoms with Gasteiger partial charge in [0.25, 0.3) is 35.8 Å². The first-order valence-electron chi connectivity index (χ1n) is 27.6. The second-order valence-corrected chi connectivity index (χ2v) is 28.7. The summed E-state index contributed by atoms with van der Waals surface area (Å²) in [5.74, 6) is -15.4. The maximum absolute atomic E-state index is 14.2. The molecule has 102 heavy (non-hydrogen) atoms. The van der Waals surface area contributed by atoms with Gasteiger partial charge in [0.15, 0.2) is 34.9 Å². The monoisotopic (exact) mass is 1550 g/mol. The maximum atomic E-state index is 14.2. The van der Waals surface area contributed by atoms with Gasteiger partial charge in [0, 0.05) is 56.6 Å². The van der Waals surface area contributed by atoms with Gasteiger partial charge in [0.05, 0.1) is 78.4 Å². The smallest absolute Gasteiger partial charge is 0.338 e. The van der Waals surface area contributed by atoms with Crippen molar-refractivity contribution >= 4 is 106 Å². The van der Waals surface area contributed by atoms with E-state index >= 15 is 0 Å². The fourth-order valence-corrected chi connectivity index (χ4v) is 11.2. The van der Waals surface area contributed by atoms with E-state index in [0.29, 0.717) is 29.9 Å². The van der Waals surface area contributed by atoms with Gasteiger partial charge in [-0.3, -0.25) is 14.4 Å². The predicted octanol–water partition coefficient (Wildman–Crippen LogP) is 11.3. The summed E-state index contributed by atoms with van der Waals surface area (Å²) >= 11 is 0. The number of benzene rings is 8. The van der Waals surface area contributed by atoms with Crippen molar-refractivity contribution in [1.29, 1.82) is 0 Å². The van der Waals surface area contributed by atoms with E-state index in [0.717, 1.165) is 128 Å². The van der Waals surface area contributed by atoms with Crippen LogP contribution in [0, 0.1) is 76.3 Å². The number of aromatic carboxylic acids is 2. The third-order valence-electron chi connectivity index (χ3n) is 12.8. The summed E-state index contributed by atoms with van der Waals surface area (Å²) in [5, 5.41) is 31.1. The SMILES string of the molecule is C#CCNS(=O)(=O)c1ccc(F)c(C(=O)Nc2ccc(F)c(F)c2)c1.O=C(Nc1ccc(F)c(F)c1)c1cc(S(=O)(=O)Cl)ccc1F.O=C(Nc1ccc(F)c(F)c1)c1cc(S(=O)(=O)NCc2cn(C3CC3)nn2)ccc1F.O=C(O)c1cc(S(=O)(=O)Cl)ccc1F.O=C(O)c1ccccc1F. The Hall–Kier alpha value is -10.7. The van der Waals surface area contributed by atoms with E-state index < -0.39 is 164 Å². The summed E-state index contributed by atoms with van der Waals surface area (Å²) in [7, 11) is -6.25. The minimum atomic E-state index is -4.14. The van der Waals surface area contributed by atoms with Crippen LogP contribution in [0.4, 0.5) is 65.4 Å². The average molecular weight is 1550 g/mol. The first-order chi connectivity index (χ1) is 47.7. The number of sulfonamides is 2. The zero-order valence-corrected chi connectivity index (χ0v) is 55.4. The van der Waals surface area contributed by atoms with Crippen LogP contribution in [0.3, 0.4) is 0 Å². The lowest BCUT2D eigenvalue weighted by Crippen LogP contribution is -2.24. The quantitative estimate of drug-likeness (QED) is 0.0238. The lowest BCUT2D eigenvalue weighted by molar-refractivity contribution is 0.0680. The van der Waals surface area contributed by atoms with Crippen molar-refractivity contribution in [2.24, 2.45) is 0 Å². The second kappa shape index (κ2) is 34.6. The number of carbonyl (C=O) groups excluding carboxylic acids is 3. The minimum Gasteiger partial charge on any atom is -0.478 e. The molecule has 0 atom stereocenters. The number of carbonyl (C=O) groups is 5. The summed E-state index contributed by atoms with van der Waals surface area (Å²) in [6, 6.07) is 23.2. The molecular weight excluding hydrogens is 1500 g/mol. The Morgan fingerprint density at radius 1 is 0.441 bits per heavy atom. The molecule has 40 heteroatoms. The summed E-state index contributed by atoms with van der Waals surface area (Å²) in [4.78, 5) is 55.3. The van der Waals surface area contributed by atoms with Crippen molar-refractivity contribution in [1.82, 2.24) is 24.4 Å². The van der Waals surface area contributed by atoms with Crippen molar-refractivity contribution in [3.8, 4) is 12.3 Å². The van der Waals surface area contributed by atoms with E-state index in [4.69, 9.17) is 38.0 Å². The fraction of sp³-hybridized carbons (Fsp3) is 0.0806. The molecule has 0 spiro atoms. The second-order valence-electron chi connectivity index (χ2n) is 20.1. The average Bonchev–Trinajstić information content (AvgIpc) is 1.04. The molecule has 1 fully saturated rings. The first-order valence-corrected chi connectivity index (χ1v) is 35.2. The summed E-state index contributed by atoms with van der Waals surface area (Å²) in [5.41, 5.74) is -2.74. The van der Waals surface area contributed by atoms with E-state index in [-0.39, 0.29) is 45.5 Å². The number of terminal acetylenes is 1. The molecule has 0 unspecified atom stereocenters. The molecule has 7 N–H and O–H groups in total.